The van der Waals surface area contributed by atoms with E-state index >= 15 is 0 Å². The molecular weight excluding hydrogens is 358 g/mol. The molecule has 26 heavy (non-hydrogen) atoms. The van der Waals surface area contributed by atoms with Gasteiger partial charge in [-0.25, -0.2) is 9.79 Å². The van der Waals surface area contributed by atoms with Crippen molar-refractivity contribution in [3.63, 3.8) is 0 Å². The van der Waals surface area contributed by atoms with Gasteiger partial charge in [0.1, 0.15) is 0 Å². The molecule has 0 unspecified atom stereocenters. The van der Waals surface area contributed by atoms with E-state index in [1.54, 1.807) is 18.2 Å². The van der Waals surface area contributed by atoms with E-state index in [0.29, 0.717) is 17.1 Å². The Kier molecular flexibility index (Phi) is 5.04. The standard InChI is InChI=1S/C18H15NO6S/c1-10(20)24-16-13(22-2)8-11(9-14(16)23-3)7-12-18(21)25-17(19-12)15-5-4-6-26-15/h4-9H,1-3H3/b12-7+. The Bertz CT molecular complexity index is 889. The summed E-state index contributed by atoms with van der Waals surface area (Å²) in [6, 6.07) is 6.89. The molecule has 1 aliphatic rings. The van der Waals surface area contributed by atoms with Crippen molar-refractivity contribution in [1.82, 2.24) is 0 Å². The smallest absolute Gasteiger partial charge is 0.363 e. The van der Waals surface area contributed by atoms with Crippen molar-refractivity contribution in [1.29, 1.82) is 0 Å². The lowest BCUT2D eigenvalue weighted by Crippen LogP contribution is -2.05. The fraction of sp³-hybridized carbons (Fsp3) is 0.167. The van der Waals surface area contributed by atoms with Gasteiger partial charge >= 0.3 is 11.9 Å². The quantitative estimate of drug-likeness (QED) is 0.455. The van der Waals surface area contributed by atoms with Crippen LogP contribution in [0.15, 0.2) is 40.3 Å². The topological polar surface area (TPSA) is 83.4 Å². The van der Waals surface area contributed by atoms with Crippen LogP contribution in [0, 0.1) is 0 Å². The van der Waals surface area contributed by atoms with Crippen molar-refractivity contribution in [2.75, 3.05) is 14.2 Å². The third kappa shape index (κ3) is 3.60. The maximum absolute atomic E-state index is 12.1. The zero-order valence-electron chi connectivity index (χ0n) is 14.3. The second kappa shape index (κ2) is 7.40. The first-order valence-electron chi connectivity index (χ1n) is 7.52. The van der Waals surface area contributed by atoms with Gasteiger partial charge in [-0.15, -0.1) is 11.3 Å². The van der Waals surface area contributed by atoms with Crippen LogP contribution < -0.4 is 14.2 Å². The lowest BCUT2D eigenvalue weighted by Gasteiger charge is -2.13. The second-order valence-corrected chi connectivity index (χ2v) is 6.11. The Morgan fingerprint density at radius 1 is 1.23 bits per heavy atom. The number of esters is 2. The molecule has 1 aliphatic heterocycles. The molecule has 0 spiro atoms. The largest absolute Gasteiger partial charge is 0.493 e. The zero-order valence-corrected chi connectivity index (χ0v) is 15.1. The average molecular weight is 373 g/mol. The molecule has 0 N–H and O–H groups in total. The summed E-state index contributed by atoms with van der Waals surface area (Å²) in [6.07, 6.45) is 1.55. The van der Waals surface area contributed by atoms with Gasteiger partial charge in [0.2, 0.25) is 11.6 Å². The molecule has 0 amide bonds. The Morgan fingerprint density at radius 3 is 2.46 bits per heavy atom. The second-order valence-electron chi connectivity index (χ2n) is 5.16. The number of hydrogen-bond donors (Lipinski definition) is 0. The first-order valence-corrected chi connectivity index (χ1v) is 8.40. The molecule has 0 saturated heterocycles. The maximum atomic E-state index is 12.1. The summed E-state index contributed by atoms with van der Waals surface area (Å²) < 4.78 is 20.9. The molecular formula is C18H15NO6S. The van der Waals surface area contributed by atoms with Crippen LogP contribution in [0.2, 0.25) is 0 Å². The van der Waals surface area contributed by atoms with E-state index in [4.69, 9.17) is 18.9 Å². The predicted octanol–water partition coefficient (Wildman–Crippen LogP) is 3.04. The van der Waals surface area contributed by atoms with E-state index in [1.165, 1.54) is 32.5 Å². The van der Waals surface area contributed by atoms with Crippen LogP contribution in [-0.4, -0.2) is 32.1 Å². The van der Waals surface area contributed by atoms with Crippen LogP contribution in [-0.2, 0) is 14.3 Å². The number of cyclic esters (lactones) is 1. The van der Waals surface area contributed by atoms with Crippen molar-refractivity contribution in [3.8, 4) is 17.2 Å². The minimum Gasteiger partial charge on any atom is -0.493 e. The molecule has 0 fully saturated rings. The monoisotopic (exact) mass is 373 g/mol. The minimum absolute atomic E-state index is 0.151. The first kappa shape index (κ1) is 17.7. The molecule has 7 nitrogen and oxygen atoms in total. The van der Waals surface area contributed by atoms with Crippen LogP contribution in [0.4, 0.5) is 0 Å². The number of benzene rings is 1. The number of carbonyl (C=O) groups is 2. The van der Waals surface area contributed by atoms with Gasteiger partial charge in [-0.05, 0) is 35.2 Å². The minimum atomic E-state index is -0.546. The highest BCUT2D eigenvalue weighted by molar-refractivity contribution is 7.12. The summed E-state index contributed by atoms with van der Waals surface area (Å²) in [5, 5.41) is 1.87. The van der Waals surface area contributed by atoms with Crippen molar-refractivity contribution < 1.29 is 28.5 Å². The van der Waals surface area contributed by atoms with Crippen molar-refractivity contribution in [2.24, 2.45) is 4.99 Å². The lowest BCUT2D eigenvalue weighted by molar-refractivity contribution is -0.132. The predicted molar refractivity (Wildman–Crippen MR) is 95.8 cm³/mol. The van der Waals surface area contributed by atoms with Crippen molar-refractivity contribution >= 4 is 35.2 Å². The van der Waals surface area contributed by atoms with Crippen molar-refractivity contribution in [3.05, 3.63) is 45.8 Å². The number of ether oxygens (including phenoxy) is 4. The molecule has 1 aromatic heterocycles. The van der Waals surface area contributed by atoms with Gasteiger partial charge in [-0.2, -0.15) is 0 Å². The van der Waals surface area contributed by atoms with E-state index in [-0.39, 0.29) is 17.3 Å². The molecule has 0 aliphatic carbocycles. The van der Waals surface area contributed by atoms with Gasteiger partial charge in [-0.1, -0.05) is 6.07 Å². The van der Waals surface area contributed by atoms with Gasteiger partial charge in [0, 0.05) is 6.92 Å². The van der Waals surface area contributed by atoms with Crippen LogP contribution in [0.5, 0.6) is 17.2 Å². The highest BCUT2D eigenvalue weighted by Gasteiger charge is 2.25. The zero-order chi connectivity index (χ0) is 18.7. The Hall–Kier alpha value is -3.13. The lowest BCUT2D eigenvalue weighted by atomic mass is 10.1. The highest BCUT2D eigenvalue weighted by Crippen LogP contribution is 2.39. The first-order chi connectivity index (χ1) is 12.5. The third-order valence-electron chi connectivity index (χ3n) is 3.38. The number of methoxy groups -OCH3 is 2. The summed E-state index contributed by atoms with van der Waals surface area (Å²) in [7, 11) is 2.88. The number of hydrogen-bond acceptors (Lipinski definition) is 8. The van der Waals surface area contributed by atoms with E-state index in [9.17, 15) is 9.59 Å². The van der Waals surface area contributed by atoms with Crippen LogP contribution in [0.3, 0.4) is 0 Å². The molecule has 0 atom stereocenters. The number of rotatable bonds is 5. The molecule has 0 bridgehead atoms. The number of nitrogens with zero attached hydrogens (tertiary/aromatic N) is 1. The van der Waals surface area contributed by atoms with E-state index < -0.39 is 11.9 Å². The molecule has 134 valence electrons. The molecule has 3 rings (SSSR count). The Balaban J connectivity index is 2.00. The molecule has 2 heterocycles. The Morgan fingerprint density at radius 2 is 1.92 bits per heavy atom. The summed E-state index contributed by atoms with van der Waals surface area (Å²) in [5.74, 6) is -0.0266. The summed E-state index contributed by atoms with van der Waals surface area (Å²) >= 11 is 1.43. The maximum Gasteiger partial charge on any atom is 0.363 e. The van der Waals surface area contributed by atoms with E-state index in [1.807, 2.05) is 17.5 Å². The van der Waals surface area contributed by atoms with Crippen LogP contribution in [0.1, 0.15) is 17.4 Å². The van der Waals surface area contributed by atoms with E-state index in [2.05, 4.69) is 4.99 Å². The molecule has 2 aromatic rings. The fourth-order valence-electron chi connectivity index (χ4n) is 2.30. The highest BCUT2D eigenvalue weighted by atomic mass is 32.1. The Labute approximate surface area is 153 Å². The summed E-state index contributed by atoms with van der Waals surface area (Å²) in [6.45, 7) is 1.28. The molecule has 8 heteroatoms. The average Bonchev–Trinajstić information content (AvgIpc) is 3.25. The van der Waals surface area contributed by atoms with Gasteiger partial charge in [0.15, 0.2) is 17.2 Å². The van der Waals surface area contributed by atoms with Gasteiger partial charge in [0.25, 0.3) is 0 Å². The molecule has 0 radical (unpaired) electrons. The SMILES string of the molecule is COc1cc(/C=C2/N=C(c3cccs3)OC2=O)cc(OC)c1OC(C)=O. The van der Waals surface area contributed by atoms with Crippen LogP contribution >= 0.6 is 11.3 Å². The molecule has 0 saturated carbocycles. The van der Waals surface area contributed by atoms with Gasteiger partial charge in [-0.3, -0.25) is 4.79 Å². The van der Waals surface area contributed by atoms with Gasteiger partial charge in [0.05, 0.1) is 19.1 Å². The van der Waals surface area contributed by atoms with Gasteiger partial charge < -0.3 is 18.9 Å². The third-order valence-corrected chi connectivity index (χ3v) is 4.24. The fourth-order valence-corrected chi connectivity index (χ4v) is 2.95. The normalized spacial score (nSPS) is 14.8. The number of carbonyl (C=O) groups excluding carboxylic acids is 2. The van der Waals surface area contributed by atoms with E-state index in [0.717, 1.165) is 4.88 Å². The summed E-state index contributed by atoms with van der Waals surface area (Å²) in [5.41, 5.74) is 0.732. The van der Waals surface area contributed by atoms with Crippen molar-refractivity contribution in [2.45, 2.75) is 6.92 Å². The number of thiophene rings is 1. The molecule has 1 aromatic carbocycles. The van der Waals surface area contributed by atoms with Crippen LogP contribution in [0.25, 0.3) is 6.08 Å². The summed E-state index contributed by atoms with van der Waals surface area (Å²) in [4.78, 5) is 28.4. The number of aliphatic imine (C=N–C) groups is 1.